The fraction of sp³-hybridized carbons (Fsp3) is 0.467. The number of hydrogen-bond acceptors (Lipinski definition) is 3. The highest BCUT2D eigenvalue weighted by atomic mass is 19.1. The van der Waals surface area contributed by atoms with Gasteiger partial charge in [-0.3, -0.25) is 9.59 Å². The molecule has 0 aromatic heterocycles. The molecule has 21 heavy (non-hydrogen) atoms. The molecule has 1 unspecified atom stereocenters. The Morgan fingerprint density at radius 3 is 2.71 bits per heavy atom. The molecule has 114 valence electrons. The first-order chi connectivity index (χ1) is 9.99. The smallest absolute Gasteiger partial charge is 0.223 e. The highest BCUT2D eigenvalue weighted by Crippen LogP contribution is 2.14. The second kappa shape index (κ2) is 6.76. The maximum absolute atomic E-state index is 13.5. The predicted octanol–water partition coefficient (Wildman–Crippen LogP) is 1.75. The number of halogens is 2. The van der Waals surface area contributed by atoms with Gasteiger partial charge in [-0.05, 0) is 25.1 Å². The van der Waals surface area contributed by atoms with Crippen LogP contribution in [-0.4, -0.2) is 42.8 Å². The number of carbonyl (C=O) groups is 2. The standard InChI is InChI=1S/C15H18F2N2O2/c1-19(11-6-7-18-9-11)15(21)5-4-14(20)12-3-2-10(16)8-13(12)17/h2-3,8,11,18H,4-7,9H2,1H3. The van der Waals surface area contributed by atoms with Crippen molar-refractivity contribution in [2.75, 3.05) is 20.1 Å². The van der Waals surface area contributed by atoms with Crippen LogP contribution in [0.15, 0.2) is 18.2 Å². The molecule has 1 amide bonds. The minimum absolute atomic E-state index is 0.0304. The minimum Gasteiger partial charge on any atom is -0.341 e. The molecular formula is C15H18F2N2O2. The van der Waals surface area contributed by atoms with Gasteiger partial charge in [0.25, 0.3) is 0 Å². The maximum Gasteiger partial charge on any atom is 0.223 e. The number of nitrogens with zero attached hydrogens (tertiary/aromatic N) is 1. The quantitative estimate of drug-likeness (QED) is 0.842. The van der Waals surface area contributed by atoms with E-state index in [1.165, 1.54) is 0 Å². The van der Waals surface area contributed by atoms with Crippen LogP contribution in [0.3, 0.4) is 0 Å². The van der Waals surface area contributed by atoms with E-state index in [0.29, 0.717) is 6.07 Å². The number of hydrogen-bond donors (Lipinski definition) is 1. The zero-order chi connectivity index (χ0) is 15.4. The lowest BCUT2D eigenvalue weighted by molar-refractivity contribution is -0.131. The van der Waals surface area contributed by atoms with Crippen molar-refractivity contribution in [3.63, 3.8) is 0 Å². The molecular weight excluding hydrogens is 278 g/mol. The number of benzene rings is 1. The summed E-state index contributed by atoms with van der Waals surface area (Å²) in [6, 6.07) is 2.97. The lowest BCUT2D eigenvalue weighted by Crippen LogP contribution is -2.38. The summed E-state index contributed by atoms with van der Waals surface area (Å²) in [5, 5.41) is 3.17. The first-order valence-electron chi connectivity index (χ1n) is 6.93. The molecule has 1 aliphatic rings. The Balaban J connectivity index is 1.89. The first kappa shape index (κ1) is 15.6. The van der Waals surface area contributed by atoms with Crippen molar-refractivity contribution >= 4 is 11.7 Å². The number of carbonyl (C=O) groups excluding carboxylic acids is 2. The van der Waals surface area contributed by atoms with Crippen LogP contribution >= 0.6 is 0 Å². The summed E-state index contributed by atoms with van der Waals surface area (Å²) in [6.45, 7) is 1.63. The van der Waals surface area contributed by atoms with Crippen LogP contribution in [0.4, 0.5) is 8.78 Å². The van der Waals surface area contributed by atoms with Crippen molar-refractivity contribution in [2.24, 2.45) is 0 Å². The van der Waals surface area contributed by atoms with Crippen LogP contribution < -0.4 is 5.32 Å². The van der Waals surface area contributed by atoms with Gasteiger partial charge in [0.2, 0.25) is 5.91 Å². The first-order valence-corrected chi connectivity index (χ1v) is 6.93. The van der Waals surface area contributed by atoms with E-state index in [0.717, 1.165) is 31.6 Å². The van der Waals surface area contributed by atoms with Gasteiger partial charge in [0.05, 0.1) is 5.56 Å². The van der Waals surface area contributed by atoms with Crippen LogP contribution in [0.25, 0.3) is 0 Å². The summed E-state index contributed by atoms with van der Waals surface area (Å²) in [5.41, 5.74) is -0.172. The molecule has 6 heteroatoms. The lowest BCUT2D eigenvalue weighted by Gasteiger charge is -2.23. The monoisotopic (exact) mass is 296 g/mol. The van der Waals surface area contributed by atoms with Crippen molar-refractivity contribution in [1.29, 1.82) is 0 Å². The Morgan fingerprint density at radius 1 is 1.33 bits per heavy atom. The van der Waals surface area contributed by atoms with E-state index < -0.39 is 17.4 Å². The van der Waals surface area contributed by atoms with Crippen LogP contribution in [0.1, 0.15) is 29.6 Å². The van der Waals surface area contributed by atoms with Crippen LogP contribution in [0, 0.1) is 11.6 Å². The van der Waals surface area contributed by atoms with Crippen molar-refractivity contribution in [1.82, 2.24) is 10.2 Å². The van der Waals surface area contributed by atoms with E-state index >= 15 is 0 Å². The van der Waals surface area contributed by atoms with E-state index in [9.17, 15) is 18.4 Å². The molecule has 0 aliphatic carbocycles. The summed E-state index contributed by atoms with van der Waals surface area (Å²) in [4.78, 5) is 25.5. The molecule has 4 nitrogen and oxygen atoms in total. The van der Waals surface area contributed by atoms with E-state index in [4.69, 9.17) is 0 Å². The minimum atomic E-state index is -0.888. The zero-order valence-electron chi connectivity index (χ0n) is 11.9. The molecule has 1 heterocycles. The van der Waals surface area contributed by atoms with Crippen molar-refractivity contribution in [3.8, 4) is 0 Å². The molecule has 1 aliphatic heterocycles. The molecule has 0 bridgehead atoms. The molecule has 1 N–H and O–H groups in total. The van der Waals surface area contributed by atoms with Gasteiger partial charge in [-0.15, -0.1) is 0 Å². The van der Waals surface area contributed by atoms with Gasteiger partial charge in [-0.2, -0.15) is 0 Å². The maximum atomic E-state index is 13.5. The molecule has 2 rings (SSSR count). The predicted molar refractivity (Wildman–Crippen MR) is 74.0 cm³/mol. The second-order valence-electron chi connectivity index (χ2n) is 5.20. The summed E-state index contributed by atoms with van der Waals surface area (Å²) >= 11 is 0. The summed E-state index contributed by atoms with van der Waals surface area (Å²) in [6.07, 6.45) is 0.845. The topological polar surface area (TPSA) is 49.4 Å². The average Bonchev–Trinajstić information content (AvgIpc) is 2.97. The molecule has 1 saturated heterocycles. The van der Waals surface area contributed by atoms with Gasteiger partial charge in [0.1, 0.15) is 11.6 Å². The largest absolute Gasteiger partial charge is 0.341 e. The van der Waals surface area contributed by atoms with Gasteiger partial charge in [-0.1, -0.05) is 0 Å². The third-order valence-corrected chi connectivity index (χ3v) is 3.77. The second-order valence-corrected chi connectivity index (χ2v) is 5.20. The van der Waals surface area contributed by atoms with E-state index in [1.807, 2.05) is 0 Å². The van der Waals surface area contributed by atoms with Crippen molar-refractivity contribution in [3.05, 3.63) is 35.4 Å². The zero-order valence-corrected chi connectivity index (χ0v) is 11.9. The van der Waals surface area contributed by atoms with Crippen molar-refractivity contribution in [2.45, 2.75) is 25.3 Å². The number of rotatable bonds is 5. The van der Waals surface area contributed by atoms with E-state index in [2.05, 4.69) is 5.32 Å². The molecule has 1 atom stereocenters. The Hall–Kier alpha value is -1.82. The molecule has 0 saturated carbocycles. The van der Waals surface area contributed by atoms with Gasteiger partial charge >= 0.3 is 0 Å². The SMILES string of the molecule is CN(C(=O)CCC(=O)c1ccc(F)cc1F)C1CCNC1. The number of ketones is 1. The Bertz CT molecular complexity index is 542. The lowest BCUT2D eigenvalue weighted by atomic mass is 10.1. The fourth-order valence-corrected chi connectivity index (χ4v) is 2.42. The Morgan fingerprint density at radius 2 is 2.10 bits per heavy atom. The Labute approximate surface area is 122 Å². The summed E-state index contributed by atoms with van der Waals surface area (Å²) in [7, 11) is 1.71. The van der Waals surface area contributed by atoms with Crippen molar-refractivity contribution < 1.29 is 18.4 Å². The van der Waals surface area contributed by atoms with Gasteiger partial charge in [0, 0.05) is 38.5 Å². The molecule has 1 aromatic carbocycles. The number of Topliss-reactive ketones (excluding diaryl/α,β-unsaturated/α-hetero) is 1. The summed E-state index contributed by atoms with van der Waals surface area (Å²) in [5.74, 6) is -2.24. The molecule has 1 aromatic rings. The van der Waals surface area contributed by atoms with E-state index in [1.54, 1.807) is 11.9 Å². The van der Waals surface area contributed by atoms with Crippen LogP contribution in [-0.2, 0) is 4.79 Å². The highest BCUT2D eigenvalue weighted by Gasteiger charge is 2.23. The highest BCUT2D eigenvalue weighted by molar-refractivity contribution is 5.98. The average molecular weight is 296 g/mol. The van der Waals surface area contributed by atoms with E-state index in [-0.39, 0.29) is 30.4 Å². The van der Waals surface area contributed by atoms with Gasteiger partial charge < -0.3 is 10.2 Å². The normalized spacial score (nSPS) is 17.8. The van der Waals surface area contributed by atoms with Gasteiger partial charge in [-0.25, -0.2) is 8.78 Å². The molecule has 1 fully saturated rings. The fourth-order valence-electron chi connectivity index (χ4n) is 2.42. The Kier molecular flexibility index (Phi) is 5.01. The third kappa shape index (κ3) is 3.85. The van der Waals surface area contributed by atoms with Crippen LogP contribution in [0.5, 0.6) is 0 Å². The number of likely N-dealkylation sites (N-methyl/N-ethyl adjacent to an activating group) is 1. The van der Waals surface area contributed by atoms with Crippen LogP contribution in [0.2, 0.25) is 0 Å². The summed E-state index contributed by atoms with van der Waals surface area (Å²) < 4.78 is 26.3. The molecule has 0 radical (unpaired) electrons. The number of amides is 1. The van der Waals surface area contributed by atoms with Gasteiger partial charge in [0.15, 0.2) is 5.78 Å². The number of nitrogens with one attached hydrogen (secondary N) is 1. The third-order valence-electron chi connectivity index (χ3n) is 3.77. The molecule has 0 spiro atoms.